The predicted octanol–water partition coefficient (Wildman–Crippen LogP) is 2.09. The molecular formula is C14H24N4O2S. The lowest BCUT2D eigenvalue weighted by Gasteiger charge is -2.09. The third-order valence-electron chi connectivity index (χ3n) is 3.23. The molecule has 0 aromatic carbocycles. The minimum Gasteiger partial charge on any atom is -0.382 e. The largest absolute Gasteiger partial charge is 0.382 e. The highest BCUT2D eigenvalue weighted by atomic mass is 32.1. The van der Waals surface area contributed by atoms with Crippen LogP contribution in [-0.4, -0.2) is 36.1 Å². The maximum atomic E-state index is 12.1. The van der Waals surface area contributed by atoms with E-state index in [0.717, 1.165) is 30.9 Å². The number of amides is 1. The Labute approximate surface area is 129 Å². The van der Waals surface area contributed by atoms with E-state index in [9.17, 15) is 4.79 Å². The van der Waals surface area contributed by atoms with Crippen molar-refractivity contribution in [3.8, 4) is 0 Å². The molecule has 7 heteroatoms. The van der Waals surface area contributed by atoms with Crippen LogP contribution in [0.3, 0.4) is 0 Å². The first-order valence-corrected chi connectivity index (χ1v) is 8.23. The monoisotopic (exact) mass is 312 g/mol. The molecule has 0 aliphatic heterocycles. The van der Waals surface area contributed by atoms with Crippen molar-refractivity contribution in [1.82, 2.24) is 9.69 Å². The molecule has 0 unspecified atom stereocenters. The molecule has 0 atom stereocenters. The second-order valence-electron chi connectivity index (χ2n) is 5.74. The molecule has 0 bridgehead atoms. The minimum absolute atomic E-state index is 0.132. The van der Waals surface area contributed by atoms with E-state index in [0.29, 0.717) is 36.5 Å². The van der Waals surface area contributed by atoms with Gasteiger partial charge in [-0.2, -0.15) is 4.37 Å². The molecule has 1 aromatic heterocycles. The number of nitrogen functional groups attached to an aromatic ring is 1. The zero-order valence-corrected chi connectivity index (χ0v) is 13.5. The number of nitrogens with zero attached hydrogens (tertiary/aromatic N) is 1. The summed E-state index contributed by atoms with van der Waals surface area (Å²) in [7, 11) is 0. The zero-order valence-electron chi connectivity index (χ0n) is 12.6. The number of aromatic nitrogens is 1. The Balaban J connectivity index is 1.76. The van der Waals surface area contributed by atoms with Crippen LogP contribution >= 0.6 is 11.5 Å². The van der Waals surface area contributed by atoms with Crippen LogP contribution in [0.1, 0.15) is 43.5 Å². The van der Waals surface area contributed by atoms with Crippen LogP contribution in [0.5, 0.6) is 0 Å². The van der Waals surface area contributed by atoms with Crippen molar-refractivity contribution in [3.63, 3.8) is 0 Å². The topological polar surface area (TPSA) is 89.3 Å². The normalized spacial score (nSPS) is 14.4. The second-order valence-corrected chi connectivity index (χ2v) is 6.51. The SMILES string of the molecule is CC(C)CCOCCNc1snc(N)c1C(=O)NC1CC1. The third-order valence-corrected chi connectivity index (χ3v) is 4.05. The van der Waals surface area contributed by atoms with E-state index in [4.69, 9.17) is 10.5 Å². The van der Waals surface area contributed by atoms with Gasteiger partial charge in [0.2, 0.25) is 0 Å². The molecule has 4 N–H and O–H groups in total. The number of rotatable bonds is 9. The number of carbonyl (C=O) groups is 1. The number of carbonyl (C=O) groups excluding carboxylic acids is 1. The highest BCUT2D eigenvalue weighted by Crippen LogP contribution is 2.28. The Hall–Kier alpha value is -1.34. The molecule has 1 aliphatic carbocycles. The standard InChI is InChI=1S/C14H24N4O2S/c1-9(2)5-7-20-8-6-16-14-11(12(15)18-21-14)13(19)17-10-3-4-10/h9-10,16H,3-8H2,1-2H3,(H2,15,18)(H,17,19). The van der Waals surface area contributed by atoms with Crippen LogP contribution in [-0.2, 0) is 4.74 Å². The van der Waals surface area contributed by atoms with Gasteiger partial charge in [-0.25, -0.2) is 0 Å². The fourth-order valence-electron chi connectivity index (χ4n) is 1.79. The van der Waals surface area contributed by atoms with Crippen molar-refractivity contribution >= 4 is 28.3 Å². The molecule has 1 amide bonds. The molecule has 1 heterocycles. The molecule has 118 valence electrons. The zero-order chi connectivity index (χ0) is 15.2. The van der Waals surface area contributed by atoms with E-state index >= 15 is 0 Å². The highest BCUT2D eigenvalue weighted by Gasteiger charge is 2.27. The van der Waals surface area contributed by atoms with Crippen molar-refractivity contribution in [2.45, 2.75) is 39.2 Å². The van der Waals surface area contributed by atoms with Gasteiger partial charge in [-0.05, 0) is 36.7 Å². The smallest absolute Gasteiger partial charge is 0.258 e. The fourth-order valence-corrected chi connectivity index (χ4v) is 2.52. The Morgan fingerprint density at radius 2 is 2.24 bits per heavy atom. The van der Waals surface area contributed by atoms with Crippen molar-refractivity contribution < 1.29 is 9.53 Å². The summed E-state index contributed by atoms with van der Waals surface area (Å²) in [5.41, 5.74) is 6.26. The first-order chi connectivity index (χ1) is 10.1. The average Bonchev–Trinajstić information content (AvgIpc) is 3.15. The van der Waals surface area contributed by atoms with Crippen molar-refractivity contribution in [2.75, 3.05) is 30.8 Å². The molecule has 1 aliphatic rings. The fraction of sp³-hybridized carbons (Fsp3) is 0.714. The van der Waals surface area contributed by atoms with Crippen molar-refractivity contribution in [1.29, 1.82) is 0 Å². The van der Waals surface area contributed by atoms with Crippen LogP contribution in [0, 0.1) is 5.92 Å². The molecule has 0 saturated heterocycles. The lowest BCUT2D eigenvalue weighted by Crippen LogP contribution is -2.26. The number of nitrogens with one attached hydrogen (secondary N) is 2. The summed E-state index contributed by atoms with van der Waals surface area (Å²) in [4.78, 5) is 12.1. The van der Waals surface area contributed by atoms with Crippen LogP contribution in [0.2, 0.25) is 0 Å². The van der Waals surface area contributed by atoms with Gasteiger partial charge in [0.05, 0.1) is 6.61 Å². The van der Waals surface area contributed by atoms with E-state index < -0.39 is 0 Å². The Morgan fingerprint density at radius 1 is 1.48 bits per heavy atom. The summed E-state index contributed by atoms with van der Waals surface area (Å²) in [5.74, 6) is 0.810. The summed E-state index contributed by atoms with van der Waals surface area (Å²) in [5, 5.41) is 6.84. The summed E-state index contributed by atoms with van der Waals surface area (Å²) in [6.07, 6.45) is 3.16. The molecule has 1 fully saturated rings. The summed E-state index contributed by atoms with van der Waals surface area (Å²) in [6.45, 7) is 6.36. The Morgan fingerprint density at radius 3 is 2.90 bits per heavy atom. The van der Waals surface area contributed by atoms with Crippen LogP contribution in [0.25, 0.3) is 0 Å². The van der Waals surface area contributed by atoms with Crippen LogP contribution < -0.4 is 16.4 Å². The summed E-state index contributed by atoms with van der Waals surface area (Å²) >= 11 is 1.22. The van der Waals surface area contributed by atoms with Gasteiger partial charge in [-0.15, -0.1) is 0 Å². The van der Waals surface area contributed by atoms with E-state index in [2.05, 4.69) is 28.9 Å². The molecule has 21 heavy (non-hydrogen) atoms. The van der Waals surface area contributed by atoms with Gasteiger partial charge in [0.1, 0.15) is 10.6 Å². The van der Waals surface area contributed by atoms with Gasteiger partial charge in [0, 0.05) is 19.2 Å². The number of anilines is 2. The van der Waals surface area contributed by atoms with Gasteiger partial charge in [-0.3, -0.25) is 4.79 Å². The Kier molecular flexibility index (Phi) is 5.81. The van der Waals surface area contributed by atoms with Gasteiger partial charge >= 0.3 is 0 Å². The van der Waals surface area contributed by atoms with Crippen molar-refractivity contribution in [3.05, 3.63) is 5.56 Å². The second kappa shape index (κ2) is 7.61. The predicted molar refractivity (Wildman–Crippen MR) is 85.8 cm³/mol. The lowest BCUT2D eigenvalue weighted by atomic mass is 10.1. The molecule has 2 rings (SSSR count). The maximum absolute atomic E-state index is 12.1. The van der Waals surface area contributed by atoms with Gasteiger partial charge in [-0.1, -0.05) is 13.8 Å². The minimum atomic E-state index is -0.132. The maximum Gasteiger partial charge on any atom is 0.258 e. The van der Waals surface area contributed by atoms with E-state index in [1.165, 1.54) is 11.5 Å². The van der Waals surface area contributed by atoms with Gasteiger partial charge in [0.25, 0.3) is 5.91 Å². The molecule has 1 saturated carbocycles. The lowest BCUT2D eigenvalue weighted by molar-refractivity contribution is 0.0952. The summed E-state index contributed by atoms with van der Waals surface area (Å²) < 4.78 is 9.60. The Bertz CT molecular complexity index is 472. The number of hydrogen-bond acceptors (Lipinski definition) is 6. The van der Waals surface area contributed by atoms with E-state index in [1.54, 1.807) is 0 Å². The molecule has 1 aromatic rings. The molecule has 0 radical (unpaired) electrons. The molecular weight excluding hydrogens is 288 g/mol. The number of ether oxygens (including phenoxy) is 1. The molecule has 0 spiro atoms. The van der Waals surface area contributed by atoms with Gasteiger partial charge in [0.15, 0.2) is 5.82 Å². The first kappa shape index (κ1) is 16.0. The van der Waals surface area contributed by atoms with Crippen LogP contribution in [0.4, 0.5) is 10.8 Å². The number of hydrogen-bond donors (Lipinski definition) is 3. The quantitative estimate of drug-likeness (QED) is 0.608. The summed E-state index contributed by atoms with van der Waals surface area (Å²) in [6, 6.07) is 0.309. The third kappa shape index (κ3) is 5.17. The highest BCUT2D eigenvalue weighted by molar-refractivity contribution is 7.11. The van der Waals surface area contributed by atoms with E-state index in [-0.39, 0.29) is 5.91 Å². The molecule has 6 nitrogen and oxygen atoms in total. The number of nitrogens with two attached hydrogens (primary N) is 1. The van der Waals surface area contributed by atoms with Gasteiger partial charge < -0.3 is 21.1 Å². The average molecular weight is 312 g/mol. The van der Waals surface area contributed by atoms with Crippen LogP contribution in [0.15, 0.2) is 0 Å². The van der Waals surface area contributed by atoms with E-state index in [1.807, 2.05) is 0 Å². The first-order valence-electron chi connectivity index (χ1n) is 7.45. The van der Waals surface area contributed by atoms with Crippen molar-refractivity contribution in [2.24, 2.45) is 5.92 Å².